The predicted molar refractivity (Wildman–Crippen MR) is 69.1 cm³/mol. The zero-order valence-corrected chi connectivity index (χ0v) is 10.6. The molecule has 2 nitrogen and oxygen atoms in total. The van der Waals surface area contributed by atoms with Crippen molar-refractivity contribution in [2.24, 2.45) is 0 Å². The minimum absolute atomic E-state index is 0.0683. The summed E-state index contributed by atoms with van der Waals surface area (Å²) in [6, 6.07) is 6.05. The monoisotopic (exact) mass is 239 g/mol. The Hall–Kier alpha value is -1.02. The molecular formula is C13H18ClNO. The SMILES string of the molecule is Cc1ccc(C)c(NC(=O)CCCCCl)c1. The molecule has 0 aliphatic rings. The average molecular weight is 240 g/mol. The van der Waals surface area contributed by atoms with Gasteiger partial charge in [-0.05, 0) is 43.9 Å². The van der Waals surface area contributed by atoms with Gasteiger partial charge < -0.3 is 5.32 Å². The zero-order chi connectivity index (χ0) is 12.0. The Labute approximate surface area is 102 Å². The molecule has 1 aromatic carbocycles. The van der Waals surface area contributed by atoms with E-state index in [1.165, 1.54) is 0 Å². The van der Waals surface area contributed by atoms with E-state index in [1.54, 1.807) is 0 Å². The molecule has 0 spiro atoms. The number of nitrogens with one attached hydrogen (secondary N) is 1. The van der Waals surface area contributed by atoms with Gasteiger partial charge in [0.25, 0.3) is 0 Å². The van der Waals surface area contributed by atoms with Gasteiger partial charge in [-0.25, -0.2) is 0 Å². The standard InChI is InChI=1S/C13H18ClNO/c1-10-6-7-11(2)12(9-10)15-13(16)5-3-4-8-14/h6-7,9H,3-5,8H2,1-2H3,(H,15,16). The lowest BCUT2D eigenvalue weighted by Crippen LogP contribution is -2.12. The summed E-state index contributed by atoms with van der Waals surface area (Å²) >= 11 is 5.56. The van der Waals surface area contributed by atoms with Crippen LogP contribution < -0.4 is 5.32 Å². The maximum Gasteiger partial charge on any atom is 0.224 e. The van der Waals surface area contributed by atoms with Crippen LogP contribution in [0.2, 0.25) is 0 Å². The number of rotatable bonds is 5. The summed E-state index contributed by atoms with van der Waals surface area (Å²) in [4.78, 5) is 11.6. The fourth-order valence-corrected chi connectivity index (χ4v) is 1.65. The third kappa shape index (κ3) is 4.23. The molecule has 3 heteroatoms. The quantitative estimate of drug-likeness (QED) is 0.617. The first-order valence-electron chi connectivity index (χ1n) is 5.56. The van der Waals surface area contributed by atoms with Crippen LogP contribution in [0.5, 0.6) is 0 Å². The van der Waals surface area contributed by atoms with Gasteiger partial charge in [0.05, 0.1) is 0 Å². The van der Waals surface area contributed by atoms with Gasteiger partial charge in [-0.1, -0.05) is 12.1 Å². The second-order valence-electron chi connectivity index (χ2n) is 4.01. The number of benzene rings is 1. The van der Waals surface area contributed by atoms with E-state index in [9.17, 15) is 4.79 Å². The molecule has 16 heavy (non-hydrogen) atoms. The van der Waals surface area contributed by atoms with Crippen molar-refractivity contribution in [1.82, 2.24) is 0 Å². The number of hydrogen-bond donors (Lipinski definition) is 1. The Morgan fingerprint density at radius 3 is 2.75 bits per heavy atom. The highest BCUT2D eigenvalue weighted by Gasteiger charge is 2.04. The van der Waals surface area contributed by atoms with Gasteiger partial charge in [0.1, 0.15) is 0 Å². The minimum Gasteiger partial charge on any atom is -0.326 e. The van der Waals surface area contributed by atoms with Crippen molar-refractivity contribution in [3.05, 3.63) is 29.3 Å². The minimum atomic E-state index is 0.0683. The molecule has 1 amide bonds. The van der Waals surface area contributed by atoms with E-state index in [2.05, 4.69) is 5.32 Å². The van der Waals surface area contributed by atoms with Crippen LogP contribution in [-0.4, -0.2) is 11.8 Å². The summed E-state index contributed by atoms with van der Waals surface area (Å²) in [5.74, 6) is 0.690. The van der Waals surface area contributed by atoms with Crippen LogP contribution >= 0.6 is 11.6 Å². The van der Waals surface area contributed by atoms with Crippen LogP contribution in [0.3, 0.4) is 0 Å². The van der Waals surface area contributed by atoms with Crippen molar-refractivity contribution in [2.75, 3.05) is 11.2 Å². The molecule has 0 bridgehead atoms. The molecule has 0 atom stereocenters. The van der Waals surface area contributed by atoms with Gasteiger partial charge in [-0.15, -0.1) is 11.6 Å². The van der Waals surface area contributed by atoms with Crippen LogP contribution in [-0.2, 0) is 4.79 Å². The molecule has 0 radical (unpaired) electrons. The molecule has 1 rings (SSSR count). The van der Waals surface area contributed by atoms with E-state index in [4.69, 9.17) is 11.6 Å². The Morgan fingerprint density at radius 2 is 2.06 bits per heavy atom. The summed E-state index contributed by atoms with van der Waals surface area (Å²) in [6.07, 6.45) is 2.28. The van der Waals surface area contributed by atoms with E-state index < -0.39 is 0 Å². The summed E-state index contributed by atoms with van der Waals surface area (Å²) in [6.45, 7) is 4.01. The lowest BCUT2D eigenvalue weighted by molar-refractivity contribution is -0.116. The fraction of sp³-hybridized carbons (Fsp3) is 0.462. The van der Waals surface area contributed by atoms with E-state index in [0.29, 0.717) is 12.3 Å². The number of halogens is 1. The molecular weight excluding hydrogens is 222 g/mol. The maximum atomic E-state index is 11.6. The van der Waals surface area contributed by atoms with Gasteiger partial charge in [0, 0.05) is 18.0 Å². The highest BCUT2D eigenvalue weighted by Crippen LogP contribution is 2.16. The molecule has 88 valence electrons. The Balaban J connectivity index is 2.52. The molecule has 0 fully saturated rings. The van der Waals surface area contributed by atoms with Crippen LogP contribution in [0.25, 0.3) is 0 Å². The van der Waals surface area contributed by atoms with Crippen molar-refractivity contribution in [3.63, 3.8) is 0 Å². The number of carbonyl (C=O) groups excluding carboxylic acids is 1. The number of hydrogen-bond acceptors (Lipinski definition) is 1. The van der Waals surface area contributed by atoms with E-state index >= 15 is 0 Å². The summed E-state index contributed by atoms with van der Waals surface area (Å²) in [5, 5.41) is 2.93. The van der Waals surface area contributed by atoms with E-state index in [-0.39, 0.29) is 5.91 Å². The van der Waals surface area contributed by atoms with Crippen molar-refractivity contribution in [3.8, 4) is 0 Å². The molecule has 0 aliphatic carbocycles. The first-order valence-corrected chi connectivity index (χ1v) is 6.10. The summed E-state index contributed by atoms with van der Waals surface area (Å²) in [7, 11) is 0. The lowest BCUT2D eigenvalue weighted by Gasteiger charge is -2.09. The Kier molecular flexibility index (Phi) is 5.33. The molecule has 0 saturated heterocycles. The largest absolute Gasteiger partial charge is 0.326 e. The molecule has 0 aromatic heterocycles. The van der Waals surface area contributed by atoms with Crippen molar-refractivity contribution in [2.45, 2.75) is 33.1 Å². The highest BCUT2D eigenvalue weighted by atomic mass is 35.5. The van der Waals surface area contributed by atoms with Gasteiger partial charge >= 0.3 is 0 Å². The van der Waals surface area contributed by atoms with Gasteiger partial charge in [-0.3, -0.25) is 4.79 Å². The number of carbonyl (C=O) groups is 1. The fourth-order valence-electron chi connectivity index (χ4n) is 1.46. The second kappa shape index (κ2) is 6.54. The van der Waals surface area contributed by atoms with Crippen molar-refractivity contribution in [1.29, 1.82) is 0 Å². The molecule has 1 aromatic rings. The number of anilines is 1. The third-order valence-corrected chi connectivity index (χ3v) is 2.72. The number of amides is 1. The first-order chi connectivity index (χ1) is 7.63. The zero-order valence-electron chi connectivity index (χ0n) is 9.85. The molecule has 0 unspecified atom stereocenters. The molecule has 1 N–H and O–H groups in total. The Morgan fingerprint density at radius 1 is 1.31 bits per heavy atom. The number of alkyl halides is 1. The molecule has 0 heterocycles. The van der Waals surface area contributed by atoms with E-state index in [1.807, 2.05) is 32.0 Å². The third-order valence-electron chi connectivity index (χ3n) is 2.45. The average Bonchev–Trinajstić information content (AvgIpc) is 2.24. The van der Waals surface area contributed by atoms with Gasteiger partial charge in [0.15, 0.2) is 0 Å². The first kappa shape index (κ1) is 13.0. The summed E-state index contributed by atoms with van der Waals surface area (Å²) in [5.41, 5.74) is 3.16. The molecule has 0 saturated carbocycles. The normalized spacial score (nSPS) is 10.2. The number of unbranched alkanes of at least 4 members (excludes halogenated alkanes) is 1. The highest BCUT2D eigenvalue weighted by molar-refractivity contribution is 6.17. The lowest BCUT2D eigenvalue weighted by atomic mass is 10.1. The number of aryl methyl sites for hydroxylation is 2. The van der Waals surface area contributed by atoms with E-state index in [0.717, 1.165) is 29.7 Å². The van der Waals surface area contributed by atoms with Gasteiger partial charge in [0.2, 0.25) is 5.91 Å². The van der Waals surface area contributed by atoms with Crippen LogP contribution in [0.1, 0.15) is 30.4 Å². The maximum absolute atomic E-state index is 11.6. The van der Waals surface area contributed by atoms with Crippen molar-refractivity contribution >= 4 is 23.2 Å². The second-order valence-corrected chi connectivity index (χ2v) is 4.39. The smallest absolute Gasteiger partial charge is 0.224 e. The summed E-state index contributed by atoms with van der Waals surface area (Å²) < 4.78 is 0. The van der Waals surface area contributed by atoms with Crippen LogP contribution in [0.4, 0.5) is 5.69 Å². The molecule has 0 aliphatic heterocycles. The van der Waals surface area contributed by atoms with Crippen molar-refractivity contribution < 1.29 is 4.79 Å². The van der Waals surface area contributed by atoms with Crippen LogP contribution in [0.15, 0.2) is 18.2 Å². The predicted octanol–water partition coefficient (Wildman–Crippen LogP) is 3.65. The topological polar surface area (TPSA) is 29.1 Å². The Bertz CT molecular complexity index is 363. The van der Waals surface area contributed by atoms with Gasteiger partial charge in [-0.2, -0.15) is 0 Å². The van der Waals surface area contributed by atoms with Crippen LogP contribution in [0, 0.1) is 13.8 Å².